The van der Waals surface area contributed by atoms with Gasteiger partial charge in [-0.2, -0.15) is 0 Å². The Morgan fingerprint density at radius 2 is 0.495 bits per heavy atom. The first-order chi connectivity index (χ1) is 44.9. The van der Waals surface area contributed by atoms with Gasteiger partial charge in [0.1, 0.15) is 19.3 Å². The van der Waals surface area contributed by atoms with E-state index < -0.39 is 97.5 Å². The monoisotopic (exact) mass is 1370 g/mol. The average molecular weight is 1370 g/mol. The summed E-state index contributed by atoms with van der Waals surface area (Å²) in [5, 5.41) is 10.6. The van der Waals surface area contributed by atoms with Crippen molar-refractivity contribution in [3.63, 3.8) is 0 Å². The van der Waals surface area contributed by atoms with Crippen LogP contribution in [0.2, 0.25) is 0 Å². The van der Waals surface area contributed by atoms with Crippen molar-refractivity contribution in [2.75, 3.05) is 39.6 Å². The van der Waals surface area contributed by atoms with Crippen LogP contribution in [0.4, 0.5) is 0 Å². The molecule has 0 saturated carbocycles. The number of ether oxygens (including phenoxy) is 4. The van der Waals surface area contributed by atoms with Gasteiger partial charge in [0.15, 0.2) is 12.2 Å². The minimum absolute atomic E-state index is 0.104. The molecule has 0 bridgehead atoms. The van der Waals surface area contributed by atoms with Crippen LogP contribution in [-0.2, 0) is 65.4 Å². The zero-order valence-corrected chi connectivity index (χ0v) is 62.3. The Hall–Kier alpha value is -1.94. The van der Waals surface area contributed by atoms with Crippen LogP contribution in [0.5, 0.6) is 0 Å². The van der Waals surface area contributed by atoms with Gasteiger partial charge in [0, 0.05) is 25.7 Å². The molecule has 2 unspecified atom stereocenters. The van der Waals surface area contributed by atoms with E-state index in [0.29, 0.717) is 25.7 Å². The van der Waals surface area contributed by atoms with Crippen molar-refractivity contribution in [3.05, 3.63) is 0 Å². The number of esters is 4. The van der Waals surface area contributed by atoms with E-state index in [-0.39, 0.29) is 25.7 Å². The third-order valence-corrected chi connectivity index (χ3v) is 19.1. The van der Waals surface area contributed by atoms with Crippen LogP contribution >= 0.6 is 15.6 Å². The second-order valence-electron chi connectivity index (χ2n) is 27.6. The lowest BCUT2D eigenvalue weighted by molar-refractivity contribution is -0.161. The van der Waals surface area contributed by atoms with Gasteiger partial charge in [-0.3, -0.25) is 37.3 Å². The molecular formula is C74H144O17P2. The standard InChI is InChI=1S/C74H144O17P2/c1-7-9-11-13-15-17-18-19-22-26-29-32-39-45-51-57-72(77)85-63-70(90-73(78)58-52-46-40-33-30-27-24-21-20-23-25-28-31-36-42-48-54-66(3)4)65-89-93(82,83)87-61-68(75)60-86-92(80,81)88-64-69(62-84-71(76)56-50-44-38-16-14-12-10-8-2)91-74(79)59-53-47-41-35-34-37-43-49-55-67(5)6/h66-70,75H,7-65H2,1-6H3,(H,80,81)(H,82,83)/t68-,69+,70+/m0/s1. The number of aliphatic hydroxyl groups excluding tert-OH is 1. The highest BCUT2D eigenvalue weighted by Crippen LogP contribution is 2.45. The smallest absolute Gasteiger partial charge is 0.462 e. The van der Waals surface area contributed by atoms with Crippen molar-refractivity contribution >= 4 is 39.5 Å². The van der Waals surface area contributed by atoms with E-state index in [4.69, 9.17) is 37.0 Å². The highest BCUT2D eigenvalue weighted by atomic mass is 31.2. The van der Waals surface area contributed by atoms with Gasteiger partial charge in [0.05, 0.1) is 26.4 Å². The van der Waals surface area contributed by atoms with Gasteiger partial charge in [-0.15, -0.1) is 0 Å². The molecule has 0 spiro atoms. The molecule has 0 radical (unpaired) electrons. The van der Waals surface area contributed by atoms with E-state index in [0.717, 1.165) is 108 Å². The largest absolute Gasteiger partial charge is 0.472 e. The quantitative estimate of drug-likeness (QED) is 0.0222. The summed E-state index contributed by atoms with van der Waals surface area (Å²) >= 11 is 0. The van der Waals surface area contributed by atoms with Gasteiger partial charge in [-0.25, -0.2) is 9.13 Å². The molecule has 0 heterocycles. The SMILES string of the molecule is CCCCCCCCCCCCCCCCCC(=O)OC[C@H](COP(=O)(O)OC[C@@H](O)COP(=O)(O)OC[C@@H](COC(=O)CCCCCCCCCC)OC(=O)CCCCCCCCCCC(C)C)OC(=O)CCCCCCCCCCCCCCCCCCC(C)C. The van der Waals surface area contributed by atoms with Crippen molar-refractivity contribution < 1.29 is 80.2 Å². The van der Waals surface area contributed by atoms with E-state index >= 15 is 0 Å². The van der Waals surface area contributed by atoms with Crippen LogP contribution in [0.1, 0.15) is 382 Å². The van der Waals surface area contributed by atoms with E-state index in [1.165, 1.54) is 193 Å². The summed E-state index contributed by atoms with van der Waals surface area (Å²) in [6.45, 7) is 9.54. The van der Waals surface area contributed by atoms with Crippen LogP contribution < -0.4 is 0 Å². The first-order valence-corrected chi connectivity index (χ1v) is 41.5. The first-order valence-electron chi connectivity index (χ1n) is 38.5. The fourth-order valence-corrected chi connectivity index (χ4v) is 12.9. The van der Waals surface area contributed by atoms with Crippen molar-refractivity contribution in [2.24, 2.45) is 11.8 Å². The van der Waals surface area contributed by atoms with Gasteiger partial charge in [0.2, 0.25) is 0 Å². The summed E-state index contributed by atoms with van der Waals surface area (Å²) in [6.07, 6.45) is 52.8. The molecule has 93 heavy (non-hydrogen) atoms. The number of carbonyl (C=O) groups excluding carboxylic acids is 4. The lowest BCUT2D eigenvalue weighted by Crippen LogP contribution is -2.30. The Kier molecular flexibility index (Phi) is 64.6. The first kappa shape index (κ1) is 91.1. The Morgan fingerprint density at radius 1 is 0.290 bits per heavy atom. The van der Waals surface area contributed by atoms with Crippen molar-refractivity contribution in [1.29, 1.82) is 0 Å². The summed E-state index contributed by atoms with van der Waals surface area (Å²) in [5.41, 5.74) is 0. The number of carbonyl (C=O) groups is 4. The molecule has 552 valence electrons. The number of rotatable bonds is 73. The molecule has 19 heteroatoms. The van der Waals surface area contributed by atoms with Gasteiger partial charge in [0.25, 0.3) is 0 Å². The molecule has 0 rings (SSSR count). The Bertz CT molecular complexity index is 1800. The van der Waals surface area contributed by atoms with Crippen molar-refractivity contribution in [2.45, 2.75) is 400 Å². The molecule has 0 saturated heterocycles. The summed E-state index contributed by atoms with van der Waals surface area (Å²) in [5.74, 6) is -0.594. The number of hydrogen-bond acceptors (Lipinski definition) is 15. The van der Waals surface area contributed by atoms with Crippen molar-refractivity contribution in [1.82, 2.24) is 0 Å². The topological polar surface area (TPSA) is 237 Å². The Balaban J connectivity index is 5.20. The van der Waals surface area contributed by atoms with Crippen LogP contribution in [0.15, 0.2) is 0 Å². The molecule has 0 aromatic carbocycles. The van der Waals surface area contributed by atoms with Gasteiger partial charge < -0.3 is 33.8 Å². The van der Waals surface area contributed by atoms with Gasteiger partial charge in [-0.05, 0) is 37.5 Å². The van der Waals surface area contributed by atoms with E-state index in [9.17, 15) is 43.2 Å². The zero-order valence-electron chi connectivity index (χ0n) is 60.6. The zero-order chi connectivity index (χ0) is 68.6. The maximum atomic E-state index is 13.1. The minimum Gasteiger partial charge on any atom is -0.462 e. The molecule has 3 N–H and O–H groups in total. The highest BCUT2D eigenvalue weighted by Gasteiger charge is 2.30. The molecule has 0 aliphatic carbocycles. The summed E-state index contributed by atoms with van der Waals surface area (Å²) in [6, 6.07) is 0. The van der Waals surface area contributed by atoms with Crippen LogP contribution in [0, 0.1) is 11.8 Å². The molecular weight excluding hydrogens is 1220 g/mol. The summed E-state index contributed by atoms with van der Waals surface area (Å²) in [4.78, 5) is 72.6. The van der Waals surface area contributed by atoms with Crippen molar-refractivity contribution in [3.8, 4) is 0 Å². The third-order valence-electron chi connectivity index (χ3n) is 17.2. The highest BCUT2D eigenvalue weighted by molar-refractivity contribution is 7.47. The van der Waals surface area contributed by atoms with E-state index in [2.05, 4.69) is 41.5 Å². The van der Waals surface area contributed by atoms with Gasteiger partial charge in [-0.1, -0.05) is 330 Å². The number of unbranched alkanes of at least 4 members (excludes halogenated alkanes) is 43. The second kappa shape index (κ2) is 66.0. The fraction of sp³-hybridized carbons (Fsp3) is 0.946. The fourth-order valence-electron chi connectivity index (χ4n) is 11.3. The summed E-state index contributed by atoms with van der Waals surface area (Å²) in [7, 11) is -9.90. The number of phosphoric acid groups is 2. The maximum Gasteiger partial charge on any atom is 0.472 e. The lowest BCUT2D eigenvalue weighted by Gasteiger charge is -2.21. The predicted molar refractivity (Wildman–Crippen MR) is 377 cm³/mol. The Morgan fingerprint density at radius 3 is 0.731 bits per heavy atom. The number of phosphoric ester groups is 2. The lowest BCUT2D eigenvalue weighted by atomic mass is 10.0. The number of hydrogen-bond donors (Lipinski definition) is 3. The normalized spacial score (nSPS) is 14.1. The van der Waals surface area contributed by atoms with E-state index in [1.54, 1.807) is 0 Å². The molecule has 0 fully saturated rings. The molecule has 0 aromatic rings. The average Bonchev–Trinajstić information content (AvgIpc) is 2.97. The Labute approximate surface area is 568 Å². The molecule has 0 amide bonds. The molecule has 0 aromatic heterocycles. The molecule has 0 aliphatic rings. The van der Waals surface area contributed by atoms with E-state index in [1.807, 2.05) is 0 Å². The maximum absolute atomic E-state index is 13.1. The van der Waals surface area contributed by atoms with Crippen LogP contribution in [-0.4, -0.2) is 96.7 Å². The third kappa shape index (κ3) is 68.4. The molecule has 17 nitrogen and oxygen atoms in total. The summed E-state index contributed by atoms with van der Waals surface area (Å²) < 4.78 is 68.4. The van der Waals surface area contributed by atoms with Gasteiger partial charge >= 0.3 is 39.5 Å². The molecule has 5 atom stereocenters. The minimum atomic E-state index is -4.95. The second-order valence-corrected chi connectivity index (χ2v) is 30.5. The predicted octanol–water partition coefficient (Wildman–Crippen LogP) is 21.6. The van der Waals surface area contributed by atoms with Crippen LogP contribution in [0.25, 0.3) is 0 Å². The number of aliphatic hydroxyl groups is 1. The van der Waals surface area contributed by atoms with Crippen LogP contribution in [0.3, 0.4) is 0 Å². The molecule has 0 aliphatic heterocycles.